The van der Waals surface area contributed by atoms with E-state index in [0.717, 1.165) is 59.6 Å². The quantitative estimate of drug-likeness (QED) is 0.224. The van der Waals surface area contributed by atoms with Crippen molar-refractivity contribution in [3.8, 4) is 17.4 Å². The summed E-state index contributed by atoms with van der Waals surface area (Å²) in [5.41, 5.74) is 4.26. The normalized spacial score (nSPS) is 16.9. The van der Waals surface area contributed by atoms with E-state index in [1.54, 1.807) is 30.5 Å². The summed E-state index contributed by atoms with van der Waals surface area (Å²) in [5.74, 6) is 1.04. The minimum absolute atomic E-state index is 0.243. The number of halogens is 1. The highest BCUT2D eigenvalue weighted by Crippen LogP contribution is 2.42. The monoisotopic (exact) mass is 596 g/mol. The largest absolute Gasteiger partial charge is 0.488 e. The van der Waals surface area contributed by atoms with Gasteiger partial charge in [0, 0.05) is 48.4 Å². The summed E-state index contributed by atoms with van der Waals surface area (Å²) in [6.07, 6.45) is 6.83. The predicted molar refractivity (Wildman–Crippen MR) is 166 cm³/mol. The van der Waals surface area contributed by atoms with Gasteiger partial charge < -0.3 is 24.6 Å². The van der Waals surface area contributed by atoms with E-state index in [0.29, 0.717) is 42.5 Å². The number of ether oxygens (including phenoxy) is 2. The van der Waals surface area contributed by atoms with E-state index in [9.17, 15) is 15.0 Å². The molecule has 0 saturated carbocycles. The van der Waals surface area contributed by atoms with E-state index >= 15 is 0 Å². The minimum Gasteiger partial charge on any atom is -0.488 e. The number of aromatic carboxylic acids is 1. The van der Waals surface area contributed by atoms with E-state index in [-0.39, 0.29) is 5.56 Å². The second-order valence-corrected chi connectivity index (χ2v) is 11.5. The topological polar surface area (TPSA) is 92.1 Å². The third kappa shape index (κ3) is 6.59. The van der Waals surface area contributed by atoms with Gasteiger partial charge in [0.25, 0.3) is 0 Å². The molecule has 2 aliphatic heterocycles. The van der Waals surface area contributed by atoms with Crippen molar-refractivity contribution in [3.05, 3.63) is 124 Å². The average molecular weight is 597 g/mol. The Hall–Kier alpha value is -4.17. The lowest BCUT2D eigenvalue weighted by Crippen LogP contribution is -2.42. The zero-order chi connectivity index (χ0) is 29.8. The number of carboxylic acids is 1. The minimum atomic E-state index is -0.953. The van der Waals surface area contributed by atoms with Crippen LogP contribution in [0.3, 0.4) is 0 Å². The number of piperidine rings is 1. The third-order valence-electron chi connectivity index (χ3n) is 8.28. The van der Waals surface area contributed by atoms with Gasteiger partial charge in [-0.3, -0.25) is 0 Å². The van der Waals surface area contributed by atoms with Gasteiger partial charge in [-0.2, -0.15) is 0 Å². The molecule has 0 atom stereocenters. The van der Waals surface area contributed by atoms with Crippen LogP contribution < -0.4 is 9.47 Å². The Morgan fingerprint density at radius 1 is 1.02 bits per heavy atom. The Morgan fingerprint density at radius 2 is 1.79 bits per heavy atom. The Kier molecular flexibility index (Phi) is 8.47. The van der Waals surface area contributed by atoms with Crippen molar-refractivity contribution in [2.45, 2.75) is 37.9 Å². The van der Waals surface area contributed by atoms with Crippen LogP contribution in [-0.2, 0) is 18.6 Å². The lowest BCUT2D eigenvalue weighted by Gasteiger charge is -2.38. The standard InChI is InChI=1S/C35H33ClN2O5/c36-28-14-12-27(13-15-28)35(41)16-20-38(21-17-35)19-3-4-26-22-30-31(42-23-24-8-10-25(11-9-24)34(39)40)6-1-7-32(30)43-33-29(26)5-2-18-37-33/h1-2,4-15,18,41H,3,16-17,19-23H2,(H,39,40). The number of rotatable bonds is 8. The van der Waals surface area contributed by atoms with Crippen LogP contribution in [0.15, 0.2) is 91.1 Å². The van der Waals surface area contributed by atoms with Gasteiger partial charge in [-0.1, -0.05) is 48.0 Å². The van der Waals surface area contributed by atoms with Crippen LogP contribution in [0.25, 0.3) is 5.57 Å². The number of pyridine rings is 1. The number of aliphatic hydroxyl groups is 1. The van der Waals surface area contributed by atoms with Gasteiger partial charge in [-0.15, -0.1) is 0 Å². The smallest absolute Gasteiger partial charge is 0.335 e. The van der Waals surface area contributed by atoms with Crippen molar-refractivity contribution >= 4 is 23.1 Å². The molecule has 1 saturated heterocycles. The summed E-state index contributed by atoms with van der Waals surface area (Å²) in [6, 6.07) is 24.0. The molecule has 3 heterocycles. The van der Waals surface area contributed by atoms with Crippen molar-refractivity contribution in [3.63, 3.8) is 0 Å². The highest BCUT2D eigenvalue weighted by atomic mass is 35.5. The number of hydrogen-bond acceptors (Lipinski definition) is 6. The molecule has 8 heteroatoms. The first-order chi connectivity index (χ1) is 20.9. The van der Waals surface area contributed by atoms with E-state index in [1.165, 1.54) is 0 Å². The molecule has 0 bridgehead atoms. The summed E-state index contributed by atoms with van der Waals surface area (Å²) in [5, 5.41) is 21.1. The van der Waals surface area contributed by atoms with E-state index in [1.807, 2.05) is 54.6 Å². The van der Waals surface area contributed by atoms with Crippen molar-refractivity contribution < 1.29 is 24.5 Å². The fourth-order valence-corrected chi connectivity index (χ4v) is 5.89. The molecule has 0 unspecified atom stereocenters. The molecule has 4 aromatic rings. The van der Waals surface area contributed by atoms with Crippen LogP contribution in [0.2, 0.25) is 5.02 Å². The first-order valence-electron chi connectivity index (χ1n) is 14.5. The number of likely N-dealkylation sites (tertiary alicyclic amines) is 1. The maximum Gasteiger partial charge on any atom is 0.335 e. The summed E-state index contributed by atoms with van der Waals surface area (Å²) < 4.78 is 12.5. The van der Waals surface area contributed by atoms with Gasteiger partial charge in [-0.05, 0) is 84.5 Å². The lowest BCUT2D eigenvalue weighted by atomic mass is 9.84. The summed E-state index contributed by atoms with van der Waals surface area (Å²) in [6.45, 7) is 2.82. The fourth-order valence-electron chi connectivity index (χ4n) is 5.76. The van der Waals surface area contributed by atoms with Crippen molar-refractivity contribution in [1.29, 1.82) is 0 Å². The lowest BCUT2D eigenvalue weighted by molar-refractivity contribution is -0.0254. The van der Waals surface area contributed by atoms with E-state index < -0.39 is 11.6 Å². The maximum absolute atomic E-state index is 11.3. The molecule has 3 aromatic carbocycles. The van der Waals surface area contributed by atoms with Crippen LogP contribution in [0, 0.1) is 0 Å². The Labute approximate surface area is 256 Å². The molecule has 43 heavy (non-hydrogen) atoms. The van der Waals surface area contributed by atoms with Gasteiger partial charge in [0.1, 0.15) is 18.1 Å². The van der Waals surface area contributed by atoms with E-state index in [2.05, 4.69) is 16.0 Å². The molecule has 0 spiro atoms. The van der Waals surface area contributed by atoms with Crippen molar-refractivity contribution in [2.75, 3.05) is 19.6 Å². The molecule has 0 radical (unpaired) electrons. The van der Waals surface area contributed by atoms with Crippen LogP contribution in [0.4, 0.5) is 0 Å². The molecule has 0 amide bonds. The van der Waals surface area contributed by atoms with Gasteiger partial charge in [0.2, 0.25) is 5.88 Å². The van der Waals surface area contributed by atoms with Crippen LogP contribution in [0.1, 0.15) is 51.9 Å². The molecular formula is C35H33ClN2O5. The number of carbonyl (C=O) groups is 1. The van der Waals surface area contributed by atoms with Gasteiger partial charge in [0.05, 0.1) is 11.2 Å². The Bertz CT molecular complexity index is 1630. The summed E-state index contributed by atoms with van der Waals surface area (Å²) in [4.78, 5) is 18.1. The van der Waals surface area contributed by atoms with E-state index in [4.69, 9.17) is 21.1 Å². The second-order valence-electron chi connectivity index (χ2n) is 11.1. The SMILES string of the molecule is O=C(O)c1ccc(COc2cccc3c2CC(=CCCN2CCC(O)(c4ccc(Cl)cc4)CC2)c2cccnc2O3)cc1. The van der Waals surface area contributed by atoms with Crippen LogP contribution in [-0.4, -0.2) is 45.7 Å². The molecule has 220 valence electrons. The van der Waals surface area contributed by atoms with Gasteiger partial charge in [-0.25, -0.2) is 9.78 Å². The second kappa shape index (κ2) is 12.6. The molecule has 1 aromatic heterocycles. The molecule has 0 aliphatic carbocycles. The molecule has 2 aliphatic rings. The Morgan fingerprint density at radius 3 is 2.53 bits per heavy atom. The summed E-state index contributed by atoms with van der Waals surface area (Å²) in [7, 11) is 0. The number of carboxylic acid groups (broad SMARTS) is 1. The zero-order valence-corrected chi connectivity index (χ0v) is 24.5. The number of hydrogen-bond donors (Lipinski definition) is 2. The molecule has 1 fully saturated rings. The zero-order valence-electron chi connectivity index (χ0n) is 23.7. The van der Waals surface area contributed by atoms with Crippen molar-refractivity contribution in [1.82, 2.24) is 9.88 Å². The Balaban J connectivity index is 1.15. The van der Waals surface area contributed by atoms with Gasteiger partial charge in [0.15, 0.2) is 0 Å². The molecule has 2 N–H and O–H groups in total. The number of benzene rings is 3. The van der Waals surface area contributed by atoms with Crippen molar-refractivity contribution in [2.24, 2.45) is 0 Å². The first kappa shape index (κ1) is 28.9. The van der Waals surface area contributed by atoms with Gasteiger partial charge >= 0.3 is 5.97 Å². The maximum atomic E-state index is 11.3. The molecule has 6 rings (SSSR count). The predicted octanol–water partition coefficient (Wildman–Crippen LogP) is 7.12. The summed E-state index contributed by atoms with van der Waals surface area (Å²) >= 11 is 6.04. The number of nitrogens with zero attached hydrogens (tertiary/aromatic N) is 2. The average Bonchev–Trinajstić information content (AvgIpc) is 3.18. The molecule has 7 nitrogen and oxygen atoms in total. The first-order valence-corrected chi connectivity index (χ1v) is 14.9. The third-order valence-corrected chi connectivity index (χ3v) is 8.53. The molecular weight excluding hydrogens is 564 g/mol. The highest BCUT2D eigenvalue weighted by molar-refractivity contribution is 6.30. The van der Waals surface area contributed by atoms with Crippen LogP contribution in [0.5, 0.6) is 17.4 Å². The highest BCUT2D eigenvalue weighted by Gasteiger charge is 2.33. The fraction of sp³-hybridized carbons (Fsp3) is 0.257. The number of aromatic nitrogens is 1. The number of allylic oxidation sites excluding steroid dienone is 1. The van der Waals surface area contributed by atoms with Crippen LogP contribution >= 0.6 is 11.6 Å². The number of fused-ring (bicyclic) bond motifs is 2.